The Morgan fingerprint density at radius 2 is 2.05 bits per heavy atom. The maximum Gasteiger partial charge on any atom is 0.291 e. The number of piperazine rings is 1. The molecule has 1 aromatic carbocycles. The van der Waals surface area contributed by atoms with Crippen LogP contribution in [0.15, 0.2) is 41.3 Å². The molecule has 0 saturated carbocycles. The molecule has 20 heavy (non-hydrogen) atoms. The third-order valence-electron chi connectivity index (χ3n) is 3.38. The molecule has 1 fully saturated rings. The van der Waals surface area contributed by atoms with E-state index < -0.39 is 0 Å². The molecule has 0 aliphatic carbocycles. The van der Waals surface area contributed by atoms with E-state index in [2.05, 4.69) is 9.88 Å². The lowest BCUT2D eigenvalue weighted by molar-refractivity contribution is 0.0714. The van der Waals surface area contributed by atoms with E-state index in [0.717, 1.165) is 23.8 Å². The zero-order chi connectivity index (χ0) is 13.9. The zero-order valence-electron chi connectivity index (χ0n) is 10.8. The van der Waals surface area contributed by atoms with Gasteiger partial charge in [-0.25, -0.2) is 4.98 Å². The Morgan fingerprint density at radius 1 is 1.25 bits per heavy atom. The minimum atomic E-state index is -0.103. The van der Waals surface area contributed by atoms with Gasteiger partial charge in [-0.1, -0.05) is 17.7 Å². The Balaban J connectivity index is 1.64. The second-order valence-electron chi connectivity index (χ2n) is 4.62. The molecule has 1 aliphatic rings. The highest BCUT2D eigenvalue weighted by atomic mass is 35.5. The number of benzene rings is 1. The summed E-state index contributed by atoms with van der Waals surface area (Å²) in [5.41, 5.74) is 1.09. The number of hydrogen-bond acceptors (Lipinski definition) is 4. The standard InChI is InChI=1S/C14H14ClN3O2/c15-11-2-1-3-12(8-11)17-4-6-18(7-5-17)14(19)13-9-16-10-20-13/h1-3,8-10H,4-7H2. The average molecular weight is 292 g/mol. The predicted octanol–water partition coefficient (Wildman–Crippen LogP) is 2.29. The van der Waals surface area contributed by atoms with Gasteiger partial charge in [0.15, 0.2) is 6.39 Å². The highest BCUT2D eigenvalue weighted by molar-refractivity contribution is 6.30. The van der Waals surface area contributed by atoms with Crippen LogP contribution in [-0.2, 0) is 0 Å². The lowest BCUT2D eigenvalue weighted by Gasteiger charge is -2.35. The zero-order valence-corrected chi connectivity index (χ0v) is 11.6. The SMILES string of the molecule is O=C(c1cnco1)N1CCN(c2cccc(Cl)c2)CC1. The van der Waals surface area contributed by atoms with E-state index in [0.29, 0.717) is 18.8 Å². The number of amides is 1. The lowest BCUT2D eigenvalue weighted by Crippen LogP contribution is -2.48. The van der Waals surface area contributed by atoms with Crippen LogP contribution in [0.2, 0.25) is 5.02 Å². The van der Waals surface area contributed by atoms with Crippen LogP contribution >= 0.6 is 11.6 Å². The molecule has 3 rings (SSSR count). The second kappa shape index (κ2) is 5.54. The third-order valence-corrected chi connectivity index (χ3v) is 3.62. The van der Waals surface area contributed by atoms with Gasteiger partial charge in [0, 0.05) is 36.9 Å². The molecule has 0 atom stereocenters. The van der Waals surface area contributed by atoms with Crippen LogP contribution < -0.4 is 4.90 Å². The number of halogens is 1. The molecule has 6 heteroatoms. The van der Waals surface area contributed by atoms with Gasteiger partial charge in [0.1, 0.15) is 0 Å². The van der Waals surface area contributed by atoms with Gasteiger partial charge in [0.2, 0.25) is 5.76 Å². The molecule has 5 nitrogen and oxygen atoms in total. The Morgan fingerprint density at radius 3 is 2.70 bits per heavy atom. The quantitative estimate of drug-likeness (QED) is 0.852. The van der Waals surface area contributed by atoms with Crippen molar-refractivity contribution in [1.29, 1.82) is 0 Å². The van der Waals surface area contributed by atoms with Crippen LogP contribution in [0.25, 0.3) is 0 Å². The summed E-state index contributed by atoms with van der Waals surface area (Å²) in [6.07, 6.45) is 2.72. The minimum Gasteiger partial charge on any atom is -0.438 e. The van der Waals surface area contributed by atoms with Crippen molar-refractivity contribution in [2.24, 2.45) is 0 Å². The van der Waals surface area contributed by atoms with Crippen LogP contribution in [0.5, 0.6) is 0 Å². The molecule has 1 aromatic heterocycles. The van der Waals surface area contributed by atoms with E-state index in [-0.39, 0.29) is 5.91 Å². The van der Waals surface area contributed by atoms with Crippen molar-refractivity contribution in [2.75, 3.05) is 31.1 Å². The molecule has 1 aliphatic heterocycles. The van der Waals surface area contributed by atoms with Gasteiger partial charge in [-0.2, -0.15) is 0 Å². The van der Waals surface area contributed by atoms with Gasteiger partial charge >= 0.3 is 0 Å². The molecule has 1 saturated heterocycles. The summed E-state index contributed by atoms with van der Waals surface area (Å²) in [6.45, 7) is 2.87. The summed E-state index contributed by atoms with van der Waals surface area (Å²) in [7, 11) is 0. The monoisotopic (exact) mass is 291 g/mol. The molecule has 0 unspecified atom stereocenters. The Labute approximate surface area is 121 Å². The largest absolute Gasteiger partial charge is 0.438 e. The topological polar surface area (TPSA) is 49.6 Å². The molecule has 1 amide bonds. The Bertz CT molecular complexity index is 592. The molecule has 0 N–H and O–H groups in total. The summed E-state index contributed by atoms with van der Waals surface area (Å²) in [5, 5.41) is 0.725. The van der Waals surface area contributed by atoms with E-state index in [1.807, 2.05) is 24.3 Å². The number of rotatable bonds is 2. The van der Waals surface area contributed by atoms with Crippen molar-refractivity contribution >= 4 is 23.2 Å². The minimum absolute atomic E-state index is 0.103. The first-order valence-electron chi connectivity index (χ1n) is 6.42. The number of hydrogen-bond donors (Lipinski definition) is 0. The maximum atomic E-state index is 12.1. The van der Waals surface area contributed by atoms with E-state index in [1.54, 1.807) is 4.90 Å². The number of oxazole rings is 1. The van der Waals surface area contributed by atoms with Gasteiger partial charge in [-0.05, 0) is 18.2 Å². The van der Waals surface area contributed by atoms with Crippen LogP contribution in [-0.4, -0.2) is 42.0 Å². The molecule has 0 radical (unpaired) electrons. The molecular weight excluding hydrogens is 278 g/mol. The number of nitrogens with zero attached hydrogens (tertiary/aromatic N) is 3. The number of anilines is 1. The van der Waals surface area contributed by atoms with Crippen molar-refractivity contribution in [3.63, 3.8) is 0 Å². The van der Waals surface area contributed by atoms with Gasteiger partial charge in [0.05, 0.1) is 6.20 Å². The van der Waals surface area contributed by atoms with E-state index in [9.17, 15) is 4.79 Å². The highest BCUT2D eigenvalue weighted by Crippen LogP contribution is 2.21. The van der Waals surface area contributed by atoms with Crippen molar-refractivity contribution in [2.45, 2.75) is 0 Å². The van der Waals surface area contributed by atoms with Gasteiger partial charge in [0.25, 0.3) is 5.91 Å². The van der Waals surface area contributed by atoms with E-state index >= 15 is 0 Å². The normalized spacial score (nSPS) is 15.4. The van der Waals surface area contributed by atoms with E-state index in [1.165, 1.54) is 12.6 Å². The van der Waals surface area contributed by atoms with Crippen LogP contribution in [0.4, 0.5) is 5.69 Å². The van der Waals surface area contributed by atoms with Crippen molar-refractivity contribution in [3.8, 4) is 0 Å². The second-order valence-corrected chi connectivity index (χ2v) is 5.06. The van der Waals surface area contributed by atoms with Crippen LogP contribution in [0.1, 0.15) is 10.6 Å². The van der Waals surface area contributed by atoms with Crippen molar-refractivity contribution in [3.05, 3.63) is 47.6 Å². The summed E-state index contributed by atoms with van der Waals surface area (Å²) in [5.74, 6) is 0.189. The molecule has 0 spiro atoms. The molecule has 2 heterocycles. The molecule has 2 aromatic rings. The molecule has 104 valence electrons. The highest BCUT2D eigenvalue weighted by Gasteiger charge is 2.24. The average Bonchev–Trinajstić information content (AvgIpc) is 3.01. The lowest BCUT2D eigenvalue weighted by atomic mass is 10.2. The first-order chi connectivity index (χ1) is 9.74. The number of aromatic nitrogens is 1. The predicted molar refractivity (Wildman–Crippen MR) is 76.1 cm³/mol. The Kier molecular flexibility index (Phi) is 3.60. The smallest absolute Gasteiger partial charge is 0.291 e. The fourth-order valence-corrected chi connectivity index (χ4v) is 2.50. The maximum absolute atomic E-state index is 12.1. The van der Waals surface area contributed by atoms with Gasteiger partial charge in [-0.15, -0.1) is 0 Å². The summed E-state index contributed by atoms with van der Waals surface area (Å²) in [4.78, 5) is 19.9. The molecular formula is C14H14ClN3O2. The van der Waals surface area contributed by atoms with Gasteiger partial charge < -0.3 is 14.2 Å². The number of carbonyl (C=O) groups excluding carboxylic acids is 1. The molecule has 0 bridgehead atoms. The van der Waals surface area contributed by atoms with Crippen molar-refractivity contribution in [1.82, 2.24) is 9.88 Å². The summed E-state index contributed by atoms with van der Waals surface area (Å²) >= 11 is 6.00. The first-order valence-corrected chi connectivity index (χ1v) is 6.80. The summed E-state index contributed by atoms with van der Waals surface area (Å²) < 4.78 is 5.04. The number of carbonyl (C=O) groups is 1. The van der Waals surface area contributed by atoms with E-state index in [4.69, 9.17) is 16.0 Å². The first kappa shape index (κ1) is 13.0. The van der Waals surface area contributed by atoms with Crippen LogP contribution in [0.3, 0.4) is 0 Å². The summed E-state index contributed by atoms with van der Waals surface area (Å²) in [6, 6.07) is 7.76. The van der Waals surface area contributed by atoms with Gasteiger partial charge in [-0.3, -0.25) is 4.79 Å². The third kappa shape index (κ3) is 2.63. The fraction of sp³-hybridized carbons (Fsp3) is 0.286. The fourth-order valence-electron chi connectivity index (χ4n) is 2.32. The van der Waals surface area contributed by atoms with Crippen molar-refractivity contribution < 1.29 is 9.21 Å². The Hall–Kier alpha value is -2.01. The van der Waals surface area contributed by atoms with Crippen LogP contribution in [0, 0.1) is 0 Å².